The van der Waals surface area contributed by atoms with Crippen molar-refractivity contribution in [2.24, 2.45) is 0 Å². The van der Waals surface area contributed by atoms with Crippen molar-refractivity contribution in [3.05, 3.63) is 28.8 Å². The zero-order chi connectivity index (χ0) is 12.8. The van der Waals surface area contributed by atoms with Crippen molar-refractivity contribution in [2.45, 2.75) is 25.9 Å². The van der Waals surface area contributed by atoms with Gasteiger partial charge in [-0.05, 0) is 31.0 Å². The summed E-state index contributed by atoms with van der Waals surface area (Å²) in [6, 6.07) is 4.74. The van der Waals surface area contributed by atoms with Gasteiger partial charge in [0.25, 0.3) is 5.91 Å². The molecule has 1 atom stereocenters. The molecule has 1 rings (SSSR count). The highest BCUT2D eigenvalue weighted by molar-refractivity contribution is 6.33. The molecule has 0 spiro atoms. The minimum Gasteiger partial charge on any atom is -0.398 e. The van der Waals surface area contributed by atoms with E-state index in [1.807, 2.05) is 6.92 Å². The first kappa shape index (κ1) is 13.8. The number of nitrogens with one attached hydrogen (secondary N) is 1. The first-order chi connectivity index (χ1) is 8.04. The number of nitrogen functional groups attached to an aromatic ring is 1. The second-order valence-corrected chi connectivity index (χ2v) is 4.25. The summed E-state index contributed by atoms with van der Waals surface area (Å²) in [5.41, 5.74) is 6.47. The second kappa shape index (κ2) is 6.47. The first-order valence-corrected chi connectivity index (χ1v) is 5.93. The van der Waals surface area contributed by atoms with Crippen LogP contribution in [0.25, 0.3) is 0 Å². The molecule has 1 amide bonds. The predicted octanol–water partition coefficient (Wildman–Crippen LogP) is 1.81. The smallest absolute Gasteiger partial charge is 0.251 e. The first-order valence-electron chi connectivity index (χ1n) is 5.56. The zero-order valence-corrected chi connectivity index (χ0v) is 10.5. The maximum absolute atomic E-state index is 11.7. The molecule has 0 fully saturated rings. The zero-order valence-electron chi connectivity index (χ0n) is 9.74. The van der Waals surface area contributed by atoms with E-state index in [4.69, 9.17) is 17.3 Å². The Labute approximate surface area is 106 Å². The van der Waals surface area contributed by atoms with Crippen LogP contribution in [0.1, 0.15) is 30.1 Å². The van der Waals surface area contributed by atoms with Crippen LogP contribution in [0.4, 0.5) is 5.69 Å². The van der Waals surface area contributed by atoms with Crippen molar-refractivity contribution >= 4 is 23.2 Å². The molecule has 0 bridgehead atoms. The molecule has 94 valence electrons. The van der Waals surface area contributed by atoms with E-state index in [0.717, 1.165) is 0 Å². The van der Waals surface area contributed by atoms with Crippen LogP contribution in [0, 0.1) is 0 Å². The molecule has 0 aliphatic rings. The Hall–Kier alpha value is -1.26. The fourth-order valence-corrected chi connectivity index (χ4v) is 1.51. The molecule has 4 N–H and O–H groups in total. The summed E-state index contributed by atoms with van der Waals surface area (Å²) in [7, 11) is 0. The number of hydrogen-bond donors (Lipinski definition) is 3. The number of aliphatic hydroxyl groups is 1. The van der Waals surface area contributed by atoms with E-state index in [1.54, 1.807) is 12.1 Å². The third-order valence-electron chi connectivity index (χ3n) is 2.50. The summed E-state index contributed by atoms with van der Waals surface area (Å²) in [4.78, 5) is 11.7. The van der Waals surface area contributed by atoms with E-state index in [9.17, 15) is 9.90 Å². The monoisotopic (exact) mass is 256 g/mol. The second-order valence-electron chi connectivity index (χ2n) is 3.84. The van der Waals surface area contributed by atoms with Crippen molar-refractivity contribution in [1.29, 1.82) is 0 Å². The number of carbonyl (C=O) groups is 1. The standard InChI is InChI=1S/C12H17ClN2O2/c1-2-9(16)5-6-15-12(17)8-3-4-11(14)10(13)7-8/h3-4,7,9,16H,2,5-6,14H2,1H3,(H,15,17). The predicted molar refractivity (Wildman–Crippen MR) is 69.1 cm³/mol. The molecule has 0 aliphatic carbocycles. The summed E-state index contributed by atoms with van der Waals surface area (Å²) < 4.78 is 0. The number of benzene rings is 1. The van der Waals surface area contributed by atoms with Gasteiger partial charge in [-0.3, -0.25) is 4.79 Å². The topological polar surface area (TPSA) is 75.3 Å². The highest BCUT2D eigenvalue weighted by Crippen LogP contribution is 2.19. The van der Waals surface area contributed by atoms with E-state index in [1.165, 1.54) is 6.07 Å². The van der Waals surface area contributed by atoms with Crippen LogP contribution < -0.4 is 11.1 Å². The van der Waals surface area contributed by atoms with Gasteiger partial charge in [-0.25, -0.2) is 0 Å². The Morgan fingerprint density at radius 1 is 1.59 bits per heavy atom. The Morgan fingerprint density at radius 2 is 2.29 bits per heavy atom. The van der Waals surface area contributed by atoms with Crippen molar-refractivity contribution in [3.63, 3.8) is 0 Å². The van der Waals surface area contributed by atoms with Crippen LogP contribution in [0.2, 0.25) is 5.02 Å². The number of anilines is 1. The molecule has 1 unspecified atom stereocenters. The fourth-order valence-electron chi connectivity index (χ4n) is 1.33. The van der Waals surface area contributed by atoms with Crippen LogP contribution in [0.15, 0.2) is 18.2 Å². The lowest BCUT2D eigenvalue weighted by atomic mass is 10.1. The number of halogens is 1. The highest BCUT2D eigenvalue weighted by atomic mass is 35.5. The molecule has 0 aromatic heterocycles. The Morgan fingerprint density at radius 3 is 2.88 bits per heavy atom. The maximum Gasteiger partial charge on any atom is 0.251 e. The quantitative estimate of drug-likeness (QED) is 0.704. The van der Waals surface area contributed by atoms with Gasteiger partial charge >= 0.3 is 0 Å². The van der Waals surface area contributed by atoms with Gasteiger partial charge in [-0.2, -0.15) is 0 Å². The van der Waals surface area contributed by atoms with Crippen molar-refractivity contribution in [2.75, 3.05) is 12.3 Å². The normalized spacial score (nSPS) is 12.2. The summed E-state index contributed by atoms with van der Waals surface area (Å²) in [5, 5.41) is 12.4. The van der Waals surface area contributed by atoms with Crippen LogP contribution in [-0.4, -0.2) is 23.7 Å². The molecule has 0 heterocycles. The van der Waals surface area contributed by atoms with E-state index < -0.39 is 0 Å². The van der Waals surface area contributed by atoms with Gasteiger partial charge in [-0.15, -0.1) is 0 Å². The summed E-state index contributed by atoms with van der Waals surface area (Å²) in [5.74, 6) is -0.213. The van der Waals surface area contributed by atoms with E-state index in [2.05, 4.69) is 5.32 Å². The van der Waals surface area contributed by atoms with Gasteiger partial charge in [0.1, 0.15) is 0 Å². The molecular formula is C12H17ClN2O2. The molecule has 0 aliphatic heterocycles. The fraction of sp³-hybridized carbons (Fsp3) is 0.417. The van der Waals surface area contributed by atoms with Crippen LogP contribution in [0.5, 0.6) is 0 Å². The van der Waals surface area contributed by atoms with Crippen molar-refractivity contribution in [1.82, 2.24) is 5.32 Å². The summed E-state index contributed by atoms with van der Waals surface area (Å²) in [6.07, 6.45) is 0.861. The lowest BCUT2D eigenvalue weighted by molar-refractivity contribution is 0.0942. The van der Waals surface area contributed by atoms with Gasteiger partial charge in [0.15, 0.2) is 0 Å². The third-order valence-corrected chi connectivity index (χ3v) is 2.82. The molecule has 17 heavy (non-hydrogen) atoms. The van der Waals surface area contributed by atoms with Crippen LogP contribution in [0.3, 0.4) is 0 Å². The largest absolute Gasteiger partial charge is 0.398 e. The molecule has 1 aromatic rings. The van der Waals surface area contributed by atoms with Gasteiger partial charge in [0, 0.05) is 12.1 Å². The van der Waals surface area contributed by atoms with Crippen LogP contribution in [-0.2, 0) is 0 Å². The van der Waals surface area contributed by atoms with E-state index >= 15 is 0 Å². The average Bonchev–Trinajstić information content (AvgIpc) is 2.32. The van der Waals surface area contributed by atoms with Crippen molar-refractivity contribution < 1.29 is 9.90 Å². The Bertz CT molecular complexity index is 396. The number of aliphatic hydroxyl groups excluding tert-OH is 1. The van der Waals surface area contributed by atoms with E-state index in [-0.39, 0.29) is 12.0 Å². The number of carbonyl (C=O) groups excluding carboxylic acids is 1. The molecule has 1 aromatic carbocycles. The van der Waals surface area contributed by atoms with Gasteiger partial charge in [-0.1, -0.05) is 18.5 Å². The summed E-state index contributed by atoms with van der Waals surface area (Å²) in [6.45, 7) is 2.34. The number of rotatable bonds is 5. The number of nitrogens with two attached hydrogens (primary N) is 1. The lowest BCUT2D eigenvalue weighted by Gasteiger charge is -2.09. The van der Waals surface area contributed by atoms with Crippen molar-refractivity contribution in [3.8, 4) is 0 Å². The van der Waals surface area contributed by atoms with Crippen LogP contribution >= 0.6 is 11.6 Å². The molecule has 4 nitrogen and oxygen atoms in total. The minimum atomic E-state index is -0.370. The number of amides is 1. The lowest BCUT2D eigenvalue weighted by Crippen LogP contribution is -2.27. The SMILES string of the molecule is CCC(O)CCNC(=O)c1ccc(N)c(Cl)c1. The summed E-state index contributed by atoms with van der Waals surface area (Å²) >= 11 is 5.82. The molecule has 0 radical (unpaired) electrons. The Kier molecular flexibility index (Phi) is 5.25. The molecule has 0 saturated heterocycles. The Balaban J connectivity index is 2.50. The number of hydrogen-bond acceptors (Lipinski definition) is 3. The third kappa shape index (κ3) is 4.24. The maximum atomic E-state index is 11.7. The highest BCUT2D eigenvalue weighted by Gasteiger charge is 2.08. The van der Waals surface area contributed by atoms with Gasteiger partial charge in [0.2, 0.25) is 0 Å². The molecule has 5 heteroatoms. The molecule has 0 saturated carbocycles. The van der Waals surface area contributed by atoms with Gasteiger partial charge in [0.05, 0.1) is 16.8 Å². The van der Waals surface area contributed by atoms with Gasteiger partial charge < -0.3 is 16.2 Å². The van der Waals surface area contributed by atoms with E-state index in [0.29, 0.717) is 35.7 Å². The molecular weight excluding hydrogens is 240 g/mol. The minimum absolute atomic E-state index is 0.213. The average molecular weight is 257 g/mol.